The molecule has 19 heavy (non-hydrogen) atoms. The Morgan fingerprint density at radius 3 is 2.58 bits per heavy atom. The van der Waals surface area contributed by atoms with Crippen LogP contribution in [-0.4, -0.2) is 44.7 Å². The molecule has 0 aliphatic heterocycles. The van der Waals surface area contributed by atoms with Gasteiger partial charge in [-0.05, 0) is 18.2 Å². The number of hydrogen-bond acceptors (Lipinski definition) is 5. The topological polar surface area (TPSA) is 93.1 Å². The molecule has 0 saturated heterocycles. The van der Waals surface area contributed by atoms with Crippen LogP contribution in [0.4, 0.5) is 0 Å². The summed E-state index contributed by atoms with van der Waals surface area (Å²) in [7, 11) is -1.36. The number of hydrogen-bond donors (Lipinski definition) is 1. The molecule has 0 spiro atoms. The second-order valence-electron chi connectivity index (χ2n) is 3.37. The van der Waals surface area contributed by atoms with E-state index in [-0.39, 0.29) is 15.7 Å². The van der Waals surface area contributed by atoms with Crippen molar-refractivity contribution in [3.8, 4) is 5.75 Å². The molecule has 1 N–H and O–H groups in total. The monoisotopic (exact) mass is 309 g/mol. The zero-order valence-corrected chi connectivity index (χ0v) is 11.7. The highest BCUT2D eigenvalue weighted by Gasteiger charge is 2.22. The largest absolute Gasteiger partial charge is 0.480 e. The number of carboxylic acid groups (broad SMARTS) is 1. The highest BCUT2D eigenvalue weighted by Crippen LogP contribution is 2.28. The molecule has 1 aromatic rings. The molecule has 1 rings (SSSR count). The fourth-order valence-electron chi connectivity index (χ4n) is 1.15. The van der Waals surface area contributed by atoms with Crippen LogP contribution in [0, 0.1) is 0 Å². The summed E-state index contributed by atoms with van der Waals surface area (Å²) in [6, 6.07) is 3.68. The molecule has 106 valence electrons. The summed E-state index contributed by atoms with van der Waals surface area (Å²) in [5.74, 6) is -1.07. The van der Waals surface area contributed by atoms with Crippen LogP contribution < -0.4 is 4.74 Å². The lowest BCUT2D eigenvalue weighted by molar-refractivity contribution is -0.139. The van der Waals surface area contributed by atoms with E-state index in [1.165, 1.54) is 26.3 Å². The average Bonchev–Trinajstić information content (AvgIpc) is 2.35. The molecule has 0 aliphatic carbocycles. The lowest BCUT2D eigenvalue weighted by Gasteiger charge is -2.15. The van der Waals surface area contributed by atoms with E-state index in [2.05, 4.69) is 4.84 Å². The molecule has 0 bridgehead atoms. The van der Waals surface area contributed by atoms with Crippen LogP contribution in [-0.2, 0) is 19.7 Å². The lowest BCUT2D eigenvalue weighted by atomic mass is 10.3. The number of aliphatic carboxylic acids is 1. The van der Waals surface area contributed by atoms with Gasteiger partial charge in [-0.2, -0.15) is 0 Å². The Kier molecular flexibility index (Phi) is 5.12. The van der Waals surface area contributed by atoms with Crippen molar-refractivity contribution in [3.05, 3.63) is 23.2 Å². The van der Waals surface area contributed by atoms with E-state index in [1.807, 2.05) is 0 Å². The lowest BCUT2D eigenvalue weighted by Crippen LogP contribution is -2.25. The fraction of sp³-hybridized carbons (Fsp3) is 0.300. The molecule has 9 heteroatoms. The Bertz CT molecular complexity index is 573. The minimum absolute atomic E-state index is 0.00757. The van der Waals surface area contributed by atoms with Gasteiger partial charge < -0.3 is 9.84 Å². The smallest absolute Gasteiger partial charge is 0.341 e. The predicted octanol–water partition coefficient (Wildman–Crippen LogP) is 0.985. The molecule has 0 aromatic heterocycles. The number of rotatable bonds is 6. The molecule has 0 atom stereocenters. The summed E-state index contributed by atoms with van der Waals surface area (Å²) >= 11 is 5.83. The predicted molar refractivity (Wildman–Crippen MR) is 66.5 cm³/mol. The number of sulfonamides is 1. The third-order valence-corrected chi connectivity index (χ3v) is 4.12. The number of hydroxylamine groups is 1. The first kappa shape index (κ1) is 15.7. The maximum atomic E-state index is 11.9. The molecule has 0 radical (unpaired) electrons. The molecule has 7 nitrogen and oxygen atoms in total. The SMILES string of the molecule is CON(C)S(=O)(=O)c1ccc(OCC(=O)O)c(Cl)c1. The summed E-state index contributed by atoms with van der Waals surface area (Å²) in [4.78, 5) is 14.9. The number of halogens is 1. The molecule has 0 aliphatic rings. The maximum absolute atomic E-state index is 11.9. The van der Waals surface area contributed by atoms with Crippen LogP contribution in [0.1, 0.15) is 0 Å². The van der Waals surface area contributed by atoms with E-state index in [4.69, 9.17) is 21.4 Å². The van der Waals surface area contributed by atoms with Gasteiger partial charge in [0.25, 0.3) is 10.0 Å². The van der Waals surface area contributed by atoms with Crippen LogP contribution in [0.15, 0.2) is 23.1 Å². The molecule has 0 heterocycles. The first-order chi connectivity index (χ1) is 8.78. The standard InChI is InChI=1S/C10H12ClNO6S/c1-12(17-2)19(15,16)7-3-4-9(8(11)5-7)18-6-10(13)14/h3-5H,6H2,1-2H3,(H,13,14). The van der Waals surface area contributed by atoms with Gasteiger partial charge >= 0.3 is 5.97 Å². The minimum atomic E-state index is -3.80. The average molecular weight is 310 g/mol. The molecule has 0 unspecified atom stereocenters. The van der Waals surface area contributed by atoms with Gasteiger partial charge in [0.2, 0.25) is 0 Å². The summed E-state index contributed by atoms with van der Waals surface area (Å²) in [5, 5.41) is 8.46. The van der Waals surface area contributed by atoms with Crippen molar-refractivity contribution in [2.45, 2.75) is 4.90 Å². The van der Waals surface area contributed by atoms with E-state index in [0.29, 0.717) is 4.47 Å². The Balaban J connectivity index is 3.03. The van der Waals surface area contributed by atoms with Crippen LogP contribution in [0.3, 0.4) is 0 Å². The second kappa shape index (κ2) is 6.20. The Morgan fingerprint density at radius 2 is 2.11 bits per heavy atom. The third kappa shape index (κ3) is 3.80. The van der Waals surface area contributed by atoms with E-state index >= 15 is 0 Å². The van der Waals surface area contributed by atoms with Gasteiger partial charge in [-0.25, -0.2) is 13.2 Å². The van der Waals surface area contributed by atoms with Gasteiger partial charge in [-0.1, -0.05) is 16.1 Å². The summed E-state index contributed by atoms with van der Waals surface area (Å²) in [6.07, 6.45) is 0. The highest BCUT2D eigenvalue weighted by molar-refractivity contribution is 7.89. The first-order valence-corrected chi connectivity index (χ1v) is 6.78. The maximum Gasteiger partial charge on any atom is 0.341 e. The molecule has 1 aromatic carbocycles. The molecule has 0 saturated carbocycles. The minimum Gasteiger partial charge on any atom is -0.480 e. The van der Waals surface area contributed by atoms with Crippen molar-refractivity contribution in [1.29, 1.82) is 0 Å². The summed E-state index contributed by atoms with van der Waals surface area (Å²) in [6.45, 7) is -0.566. The number of carboxylic acids is 1. The second-order valence-corrected chi connectivity index (χ2v) is 5.71. The van der Waals surface area contributed by atoms with Gasteiger partial charge in [0.15, 0.2) is 6.61 Å². The van der Waals surface area contributed by atoms with Gasteiger partial charge in [-0.3, -0.25) is 4.84 Å². The number of nitrogens with zero attached hydrogens (tertiary/aromatic N) is 1. The van der Waals surface area contributed by atoms with Crippen molar-refractivity contribution in [2.24, 2.45) is 0 Å². The van der Waals surface area contributed by atoms with Crippen molar-refractivity contribution in [2.75, 3.05) is 20.8 Å². The Labute approximate surface area is 115 Å². The van der Waals surface area contributed by atoms with Crippen molar-refractivity contribution in [1.82, 2.24) is 4.47 Å². The molecular formula is C10H12ClNO6S. The first-order valence-electron chi connectivity index (χ1n) is 4.96. The van der Waals surface area contributed by atoms with Crippen LogP contribution in [0.25, 0.3) is 0 Å². The zero-order valence-electron chi connectivity index (χ0n) is 10.2. The number of carbonyl (C=O) groups is 1. The normalized spacial score (nSPS) is 11.6. The van der Waals surface area contributed by atoms with Crippen LogP contribution >= 0.6 is 11.6 Å². The van der Waals surface area contributed by atoms with Gasteiger partial charge in [0.1, 0.15) is 5.75 Å². The van der Waals surface area contributed by atoms with Crippen molar-refractivity contribution < 1.29 is 27.9 Å². The Hall–Kier alpha value is -1.35. The van der Waals surface area contributed by atoms with Crippen LogP contribution in [0.2, 0.25) is 5.02 Å². The van der Waals surface area contributed by atoms with E-state index < -0.39 is 22.6 Å². The van der Waals surface area contributed by atoms with Crippen molar-refractivity contribution in [3.63, 3.8) is 0 Å². The van der Waals surface area contributed by atoms with E-state index in [9.17, 15) is 13.2 Å². The quantitative estimate of drug-likeness (QED) is 0.788. The van der Waals surface area contributed by atoms with Gasteiger partial charge in [-0.15, -0.1) is 0 Å². The third-order valence-electron chi connectivity index (χ3n) is 2.15. The highest BCUT2D eigenvalue weighted by atomic mass is 35.5. The molecule has 0 fully saturated rings. The van der Waals surface area contributed by atoms with Crippen molar-refractivity contribution >= 4 is 27.6 Å². The van der Waals surface area contributed by atoms with E-state index in [0.717, 1.165) is 6.07 Å². The van der Waals surface area contributed by atoms with Gasteiger partial charge in [0.05, 0.1) is 17.0 Å². The fourth-order valence-corrected chi connectivity index (χ4v) is 2.44. The molecular weight excluding hydrogens is 298 g/mol. The number of ether oxygens (including phenoxy) is 1. The number of benzene rings is 1. The summed E-state index contributed by atoms with van der Waals surface area (Å²) < 4.78 is 29.4. The van der Waals surface area contributed by atoms with E-state index in [1.54, 1.807) is 0 Å². The van der Waals surface area contributed by atoms with Crippen LogP contribution in [0.5, 0.6) is 5.75 Å². The molecule has 0 amide bonds. The Morgan fingerprint density at radius 1 is 1.47 bits per heavy atom. The van der Waals surface area contributed by atoms with Gasteiger partial charge in [0, 0.05) is 7.05 Å². The zero-order chi connectivity index (χ0) is 14.6. The summed E-state index contributed by atoms with van der Waals surface area (Å²) in [5.41, 5.74) is 0.